The molecule has 1 heterocycles. The summed E-state index contributed by atoms with van der Waals surface area (Å²) in [7, 11) is 3.16. The van der Waals surface area contributed by atoms with E-state index >= 15 is 0 Å². The van der Waals surface area contributed by atoms with Gasteiger partial charge in [-0.25, -0.2) is 0 Å². The van der Waals surface area contributed by atoms with Crippen LogP contribution in [0.15, 0.2) is 36.5 Å². The molecule has 178 valence electrons. The Morgan fingerprint density at radius 1 is 1.03 bits per heavy atom. The number of hydrogen-bond acceptors (Lipinski definition) is 4. The maximum Gasteiger partial charge on any atom is 0.246 e. The monoisotopic (exact) mass is 446 g/mol. The molecule has 1 rings (SSSR count). The summed E-state index contributed by atoms with van der Waals surface area (Å²) < 4.78 is 0. The molecule has 0 saturated carbocycles. The summed E-state index contributed by atoms with van der Waals surface area (Å²) >= 11 is 0. The smallest absolute Gasteiger partial charge is 0.246 e. The molecular formula is C24H38N4O4. The molecule has 4 amide bonds. The summed E-state index contributed by atoms with van der Waals surface area (Å²) in [6.45, 7) is 7.73. The van der Waals surface area contributed by atoms with Gasteiger partial charge >= 0.3 is 0 Å². The number of allylic oxidation sites excluding steroid dienone is 5. The number of hydrogen-bond donors (Lipinski definition) is 2. The first-order valence-electron chi connectivity index (χ1n) is 11.2. The predicted molar refractivity (Wildman–Crippen MR) is 126 cm³/mol. The number of nitrogens with one attached hydrogen (secondary N) is 2. The number of amides is 4. The van der Waals surface area contributed by atoms with Gasteiger partial charge in [-0.2, -0.15) is 0 Å². The highest BCUT2D eigenvalue weighted by atomic mass is 16.2. The molecular weight excluding hydrogens is 408 g/mol. The quantitative estimate of drug-likeness (QED) is 0.497. The minimum absolute atomic E-state index is 0.174. The van der Waals surface area contributed by atoms with Gasteiger partial charge in [0, 0.05) is 26.7 Å². The Hall–Kier alpha value is -2.90. The molecule has 8 nitrogen and oxygen atoms in total. The molecule has 1 saturated heterocycles. The number of nitrogens with zero attached hydrogens (tertiary/aromatic N) is 2. The Morgan fingerprint density at radius 3 is 2.31 bits per heavy atom. The van der Waals surface area contributed by atoms with Crippen molar-refractivity contribution in [3.8, 4) is 0 Å². The lowest BCUT2D eigenvalue weighted by atomic mass is 9.99. The Bertz CT molecular complexity index is 757. The molecule has 1 fully saturated rings. The van der Waals surface area contributed by atoms with Gasteiger partial charge in [0.1, 0.15) is 18.1 Å². The number of carbonyl (C=O) groups is 4. The number of likely N-dealkylation sites (N-methyl/N-ethyl adjacent to an activating group) is 2. The van der Waals surface area contributed by atoms with E-state index in [9.17, 15) is 19.2 Å². The summed E-state index contributed by atoms with van der Waals surface area (Å²) in [4.78, 5) is 54.1. The van der Waals surface area contributed by atoms with E-state index in [0.717, 1.165) is 0 Å². The van der Waals surface area contributed by atoms with E-state index in [4.69, 9.17) is 0 Å². The van der Waals surface area contributed by atoms with Crippen LogP contribution >= 0.6 is 0 Å². The van der Waals surface area contributed by atoms with Crippen molar-refractivity contribution in [3.05, 3.63) is 36.5 Å². The lowest BCUT2D eigenvalue weighted by Gasteiger charge is -2.36. The summed E-state index contributed by atoms with van der Waals surface area (Å²) in [5.74, 6) is -1.40. The van der Waals surface area contributed by atoms with Gasteiger partial charge in [-0.15, -0.1) is 0 Å². The van der Waals surface area contributed by atoms with Crippen LogP contribution in [0.3, 0.4) is 0 Å². The SMILES string of the molecule is CC=CC=CC=CC(=O)NC1CCCCNC(=O)C(C)N(C)C(=O)C(C(C)C)N(C)C1=O. The Morgan fingerprint density at radius 2 is 1.69 bits per heavy atom. The van der Waals surface area contributed by atoms with Gasteiger partial charge in [0.25, 0.3) is 0 Å². The number of carbonyl (C=O) groups excluding carboxylic acids is 4. The lowest BCUT2D eigenvalue weighted by Crippen LogP contribution is -2.58. The predicted octanol–water partition coefficient (Wildman–Crippen LogP) is 1.79. The van der Waals surface area contributed by atoms with E-state index in [2.05, 4.69) is 10.6 Å². The third-order valence-corrected chi connectivity index (χ3v) is 5.56. The molecule has 0 bridgehead atoms. The van der Waals surface area contributed by atoms with Gasteiger partial charge in [0.2, 0.25) is 23.6 Å². The van der Waals surface area contributed by atoms with Gasteiger partial charge in [0.05, 0.1) is 0 Å². The highest BCUT2D eigenvalue weighted by Crippen LogP contribution is 2.17. The first-order valence-corrected chi connectivity index (χ1v) is 11.2. The largest absolute Gasteiger partial charge is 0.354 e. The molecule has 1 aliphatic heterocycles. The minimum atomic E-state index is -0.759. The zero-order valence-corrected chi connectivity index (χ0v) is 20.1. The molecule has 1 aliphatic rings. The molecule has 0 spiro atoms. The fraction of sp³-hybridized carbons (Fsp3) is 0.583. The van der Waals surface area contributed by atoms with Crippen molar-refractivity contribution in [2.75, 3.05) is 20.6 Å². The van der Waals surface area contributed by atoms with Crippen LogP contribution in [0.25, 0.3) is 0 Å². The van der Waals surface area contributed by atoms with Gasteiger partial charge in [-0.1, -0.05) is 44.2 Å². The van der Waals surface area contributed by atoms with Gasteiger partial charge in [-0.05, 0) is 39.0 Å². The molecule has 3 atom stereocenters. The maximum absolute atomic E-state index is 13.3. The van der Waals surface area contributed by atoms with E-state index < -0.39 is 18.1 Å². The molecule has 0 radical (unpaired) electrons. The third-order valence-electron chi connectivity index (χ3n) is 5.56. The Kier molecular flexibility index (Phi) is 11.4. The van der Waals surface area contributed by atoms with Crippen molar-refractivity contribution >= 4 is 23.6 Å². The van der Waals surface area contributed by atoms with Crippen LogP contribution in [0.5, 0.6) is 0 Å². The molecule has 0 aromatic carbocycles. The van der Waals surface area contributed by atoms with E-state index in [1.807, 2.05) is 32.9 Å². The van der Waals surface area contributed by atoms with Crippen LogP contribution in [0.4, 0.5) is 0 Å². The van der Waals surface area contributed by atoms with Crippen molar-refractivity contribution in [2.24, 2.45) is 5.92 Å². The van der Waals surface area contributed by atoms with Crippen LogP contribution < -0.4 is 10.6 Å². The van der Waals surface area contributed by atoms with E-state index in [1.165, 1.54) is 15.9 Å². The van der Waals surface area contributed by atoms with E-state index in [-0.39, 0.29) is 29.5 Å². The molecule has 32 heavy (non-hydrogen) atoms. The minimum Gasteiger partial charge on any atom is -0.354 e. The summed E-state index contributed by atoms with van der Waals surface area (Å²) in [5, 5.41) is 5.62. The van der Waals surface area contributed by atoms with Crippen molar-refractivity contribution in [1.82, 2.24) is 20.4 Å². The van der Waals surface area contributed by atoms with E-state index in [0.29, 0.717) is 25.8 Å². The average molecular weight is 447 g/mol. The lowest BCUT2D eigenvalue weighted by molar-refractivity contribution is -0.149. The van der Waals surface area contributed by atoms with E-state index in [1.54, 1.807) is 39.2 Å². The highest BCUT2D eigenvalue weighted by molar-refractivity contribution is 5.96. The zero-order valence-electron chi connectivity index (χ0n) is 20.1. The van der Waals surface area contributed by atoms with Gasteiger partial charge < -0.3 is 20.4 Å². The van der Waals surface area contributed by atoms with Crippen molar-refractivity contribution in [3.63, 3.8) is 0 Å². The molecule has 0 aliphatic carbocycles. The van der Waals surface area contributed by atoms with Crippen LogP contribution in [0, 0.1) is 5.92 Å². The molecule has 2 N–H and O–H groups in total. The Balaban J connectivity index is 3.13. The molecule has 0 aromatic heterocycles. The first kappa shape index (κ1) is 27.1. The van der Waals surface area contributed by atoms with Gasteiger partial charge in [-0.3, -0.25) is 19.2 Å². The summed E-state index contributed by atoms with van der Waals surface area (Å²) in [6, 6.07) is -2.16. The molecule has 0 aromatic rings. The molecule has 3 unspecified atom stereocenters. The van der Waals surface area contributed by atoms with Crippen LogP contribution in [-0.4, -0.2) is 72.2 Å². The molecule has 8 heteroatoms. The van der Waals surface area contributed by atoms with Crippen molar-refractivity contribution < 1.29 is 19.2 Å². The zero-order chi connectivity index (χ0) is 24.3. The second-order valence-electron chi connectivity index (χ2n) is 8.38. The highest BCUT2D eigenvalue weighted by Gasteiger charge is 2.37. The summed E-state index contributed by atoms with van der Waals surface area (Å²) in [6.07, 6.45) is 11.9. The second-order valence-corrected chi connectivity index (χ2v) is 8.38. The Labute approximate surface area is 191 Å². The van der Waals surface area contributed by atoms with Crippen molar-refractivity contribution in [2.45, 2.75) is 65.1 Å². The number of rotatable bonds is 5. The van der Waals surface area contributed by atoms with Crippen molar-refractivity contribution in [1.29, 1.82) is 0 Å². The van der Waals surface area contributed by atoms with Crippen LogP contribution in [0.2, 0.25) is 0 Å². The average Bonchev–Trinajstić information content (AvgIpc) is 2.75. The fourth-order valence-corrected chi connectivity index (χ4v) is 3.55. The maximum atomic E-state index is 13.3. The normalized spacial score (nSPS) is 24.7. The summed E-state index contributed by atoms with van der Waals surface area (Å²) in [5.41, 5.74) is 0. The first-order chi connectivity index (χ1) is 15.1. The second kappa shape index (κ2) is 13.5. The van der Waals surface area contributed by atoms with Crippen LogP contribution in [-0.2, 0) is 19.2 Å². The topological polar surface area (TPSA) is 98.8 Å². The van der Waals surface area contributed by atoms with Gasteiger partial charge in [0.15, 0.2) is 0 Å². The third kappa shape index (κ3) is 7.98. The fourth-order valence-electron chi connectivity index (χ4n) is 3.55. The van der Waals surface area contributed by atoms with Crippen LogP contribution in [0.1, 0.15) is 47.0 Å². The standard InChI is InChI=1S/C24H38N4O4/c1-7-8-9-10-11-15-20(29)26-19-14-12-13-16-25-22(30)18(4)27(5)24(32)21(17(2)3)28(6)23(19)31/h7-11,15,17-19,21H,12-14,16H2,1-6H3,(H,25,30)(H,26,29).